The molecule has 1 fully saturated rings. The molecule has 36 heavy (non-hydrogen) atoms. The molecule has 1 aliphatic rings. The predicted octanol–water partition coefficient (Wildman–Crippen LogP) is 4.45. The van der Waals surface area contributed by atoms with E-state index >= 15 is 0 Å². The molecule has 1 saturated carbocycles. The predicted molar refractivity (Wildman–Crippen MR) is 136 cm³/mol. The molecule has 3 aromatic rings. The van der Waals surface area contributed by atoms with E-state index in [9.17, 15) is 14.0 Å². The highest BCUT2D eigenvalue weighted by molar-refractivity contribution is 6.03. The van der Waals surface area contributed by atoms with Gasteiger partial charge in [0.25, 0.3) is 11.8 Å². The molecule has 1 unspecified atom stereocenters. The van der Waals surface area contributed by atoms with Gasteiger partial charge >= 0.3 is 0 Å². The Morgan fingerprint density at radius 2 is 1.86 bits per heavy atom. The Morgan fingerprint density at radius 1 is 1.17 bits per heavy atom. The summed E-state index contributed by atoms with van der Waals surface area (Å²) in [6, 6.07) is 11.1. The van der Waals surface area contributed by atoms with Crippen LogP contribution in [0.25, 0.3) is 11.3 Å². The van der Waals surface area contributed by atoms with Gasteiger partial charge in [-0.2, -0.15) is 5.10 Å². The Bertz CT molecular complexity index is 1250. The van der Waals surface area contributed by atoms with Crippen molar-refractivity contribution in [2.24, 2.45) is 11.7 Å². The van der Waals surface area contributed by atoms with Gasteiger partial charge in [-0.25, -0.2) is 9.07 Å². The molecule has 9 heteroatoms. The van der Waals surface area contributed by atoms with Gasteiger partial charge in [-0.05, 0) is 49.4 Å². The molecule has 1 atom stereocenters. The average Bonchev–Trinajstić information content (AvgIpc) is 3.24. The highest BCUT2D eigenvalue weighted by atomic mass is 19.1. The van der Waals surface area contributed by atoms with E-state index in [-0.39, 0.29) is 29.5 Å². The number of hydrogen-bond acceptors (Lipinski definition) is 5. The number of halogens is 1. The Hall–Kier alpha value is -3.88. The molecule has 8 nitrogen and oxygen atoms in total. The topological polar surface area (TPSA) is 125 Å². The number of ether oxygens (including phenoxy) is 1. The summed E-state index contributed by atoms with van der Waals surface area (Å²) in [6.45, 7) is 2.31. The maximum atomic E-state index is 13.6. The normalized spacial score (nSPS) is 14.9. The molecular weight excluding hydrogens is 461 g/mol. The first kappa shape index (κ1) is 25.2. The van der Waals surface area contributed by atoms with E-state index in [1.807, 2.05) is 24.3 Å². The van der Waals surface area contributed by atoms with Crippen LogP contribution in [0.4, 0.5) is 10.2 Å². The fourth-order valence-corrected chi connectivity index (χ4v) is 4.93. The fourth-order valence-electron chi connectivity index (χ4n) is 4.93. The van der Waals surface area contributed by atoms with Gasteiger partial charge in [0.05, 0.1) is 18.7 Å². The molecular formula is C27H32FN5O3. The molecule has 0 aliphatic heterocycles. The Balaban J connectivity index is 1.52. The number of nitrogens with one attached hydrogen (secondary N) is 1. The number of nitrogens with two attached hydrogens (primary N) is 2. The van der Waals surface area contributed by atoms with Crippen LogP contribution in [-0.4, -0.2) is 28.7 Å². The minimum Gasteiger partial charge on any atom is -0.496 e. The number of carbonyl (C=O) groups excluding carboxylic acids is 2. The number of carbonyl (C=O) groups is 2. The number of amides is 2. The Labute approximate surface area is 209 Å². The average molecular weight is 494 g/mol. The van der Waals surface area contributed by atoms with Crippen molar-refractivity contribution < 1.29 is 18.7 Å². The minimum atomic E-state index is -0.620. The largest absolute Gasteiger partial charge is 0.496 e. The van der Waals surface area contributed by atoms with E-state index in [1.54, 1.807) is 4.68 Å². The van der Waals surface area contributed by atoms with Crippen molar-refractivity contribution in [3.63, 3.8) is 0 Å². The number of rotatable bonds is 8. The first-order valence-corrected chi connectivity index (χ1v) is 12.2. The minimum absolute atomic E-state index is 0.0615. The van der Waals surface area contributed by atoms with Gasteiger partial charge in [-0.15, -0.1) is 0 Å². The van der Waals surface area contributed by atoms with Crippen LogP contribution in [0.1, 0.15) is 71.3 Å². The zero-order chi connectivity index (χ0) is 25.8. The second-order valence-electron chi connectivity index (χ2n) is 9.28. The monoisotopic (exact) mass is 493 g/mol. The molecule has 0 saturated heterocycles. The van der Waals surface area contributed by atoms with Crippen molar-refractivity contribution in [1.82, 2.24) is 15.1 Å². The number of nitrogen functional groups attached to an aromatic ring is 1. The van der Waals surface area contributed by atoms with Crippen LogP contribution in [0.5, 0.6) is 5.75 Å². The van der Waals surface area contributed by atoms with Crippen molar-refractivity contribution in [2.75, 3.05) is 12.8 Å². The molecule has 2 aromatic carbocycles. The standard InChI is InChI=1S/C27H32FN5O3/c1-16(18-6-4-3-5-7-18)33-25(29)23(26(30)34)24(32-33)19-10-8-17(9-11-19)15-31-27(35)21-14-20(28)12-13-22(21)36-2/h8-14,16,18H,3-7,15,29H2,1-2H3,(H2,30,34)(H,31,35). The van der Waals surface area contributed by atoms with Crippen LogP contribution < -0.4 is 21.5 Å². The molecule has 2 amide bonds. The fraction of sp³-hybridized carbons (Fsp3) is 0.370. The lowest BCUT2D eigenvalue weighted by atomic mass is 9.84. The summed E-state index contributed by atoms with van der Waals surface area (Å²) < 4.78 is 20.5. The number of benzene rings is 2. The summed E-state index contributed by atoms with van der Waals surface area (Å²) in [5, 5.41) is 7.49. The van der Waals surface area contributed by atoms with Gasteiger partial charge in [0.2, 0.25) is 0 Å². The first-order chi connectivity index (χ1) is 17.3. The second kappa shape index (κ2) is 10.8. The zero-order valence-corrected chi connectivity index (χ0v) is 20.6. The number of aromatic nitrogens is 2. The Morgan fingerprint density at radius 3 is 2.50 bits per heavy atom. The van der Waals surface area contributed by atoms with Crippen LogP contribution in [0, 0.1) is 11.7 Å². The van der Waals surface area contributed by atoms with E-state index in [0.29, 0.717) is 22.9 Å². The zero-order valence-electron chi connectivity index (χ0n) is 20.6. The van der Waals surface area contributed by atoms with E-state index in [0.717, 1.165) is 24.5 Å². The van der Waals surface area contributed by atoms with Gasteiger partial charge in [0, 0.05) is 12.1 Å². The number of anilines is 1. The lowest BCUT2D eigenvalue weighted by molar-refractivity contribution is 0.0946. The highest BCUT2D eigenvalue weighted by Crippen LogP contribution is 2.36. The summed E-state index contributed by atoms with van der Waals surface area (Å²) >= 11 is 0. The molecule has 190 valence electrons. The molecule has 1 aromatic heterocycles. The van der Waals surface area contributed by atoms with E-state index in [2.05, 4.69) is 12.2 Å². The van der Waals surface area contributed by atoms with Gasteiger partial charge in [-0.1, -0.05) is 43.5 Å². The van der Waals surface area contributed by atoms with Crippen molar-refractivity contribution >= 4 is 17.6 Å². The van der Waals surface area contributed by atoms with Crippen molar-refractivity contribution in [1.29, 1.82) is 0 Å². The molecule has 0 spiro atoms. The summed E-state index contributed by atoms with van der Waals surface area (Å²) in [5.41, 5.74) is 14.4. The smallest absolute Gasteiger partial charge is 0.255 e. The van der Waals surface area contributed by atoms with Gasteiger partial charge in [-0.3, -0.25) is 9.59 Å². The second-order valence-corrected chi connectivity index (χ2v) is 9.28. The number of nitrogens with zero attached hydrogens (tertiary/aromatic N) is 2. The molecule has 5 N–H and O–H groups in total. The third-order valence-corrected chi connectivity index (χ3v) is 7.00. The lowest BCUT2D eigenvalue weighted by Gasteiger charge is -2.28. The van der Waals surface area contributed by atoms with Crippen molar-refractivity contribution in [3.05, 3.63) is 65.0 Å². The third-order valence-electron chi connectivity index (χ3n) is 7.00. The molecule has 4 rings (SSSR count). The SMILES string of the molecule is COc1ccc(F)cc1C(=O)NCc1ccc(-c2nn(C(C)C3CCCCC3)c(N)c2C(N)=O)cc1. The summed E-state index contributed by atoms with van der Waals surface area (Å²) in [5.74, 6) is -0.557. The number of hydrogen-bond donors (Lipinski definition) is 3. The Kier molecular flexibility index (Phi) is 7.57. The van der Waals surface area contributed by atoms with Crippen LogP contribution in [0.15, 0.2) is 42.5 Å². The van der Waals surface area contributed by atoms with Crippen molar-refractivity contribution in [2.45, 2.75) is 51.6 Å². The van der Waals surface area contributed by atoms with Gasteiger partial charge in [0.15, 0.2) is 0 Å². The number of primary amides is 1. The van der Waals surface area contributed by atoms with Crippen LogP contribution in [0.3, 0.4) is 0 Å². The van der Waals surface area contributed by atoms with Gasteiger partial charge < -0.3 is 21.5 Å². The van der Waals surface area contributed by atoms with E-state index < -0.39 is 17.6 Å². The van der Waals surface area contributed by atoms with Crippen molar-refractivity contribution in [3.8, 4) is 17.0 Å². The molecule has 0 radical (unpaired) electrons. The molecule has 1 aliphatic carbocycles. The van der Waals surface area contributed by atoms with E-state index in [4.69, 9.17) is 21.3 Å². The van der Waals surface area contributed by atoms with Crippen LogP contribution >= 0.6 is 0 Å². The molecule has 1 heterocycles. The van der Waals surface area contributed by atoms with E-state index in [1.165, 1.54) is 38.5 Å². The summed E-state index contributed by atoms with van der Waals surface area (Å²) in [7, 11) is 1.42. The molecule has 0 bridgehead atoms. The quantitative estimate of drug-likeness (QED) is 0.427. The lowest BCUT2D eigenvalue weighted by Crippen LogP contribution is -2.23. The number of methoxy groups -OCH3 is 1. The third kappa shape index (κ3) is 5.19. The summed E-state index contributed by atoms with van der Waals surface area (Å²) in [4.78, 5) is 24.8. The maximum Gasteiger partial charge on any atom is 0.255 e. The summed E-state index contributed by atoms with van der Waals surface area (Å²) in [6.07, 6.45) is 5.86. The first-order valence-electron chi connectivity index (χ1n) is 12.2. The maximum absolute atomic E-state index is 13.6. The highest BCUT2D eigenvalue weighted by Gasteiger charge is 2.28. The van der Waals surface area contributed by atoms with Gasteiger partial charge in [0.1, 0.15) is 28.6 Å². The van der Waals surface area contributed by atoms with Crippen LogP contribution in [-0.2, 0) is 6.54 Å². The van der Waals surface area contributed by atoms with Crippen LogP contribution in [0.2, 0.25) is 0 Å².